The van der Waals surface area contributed by atoms with Gasteiger partial charge in [0.15, 0.2) is 0 Å². The van der Waals surface area contributed by atoms with Crippen LogP contribution in [-0.4, -0.2) is 37.1 Å². The second-order valence-electron chi connectivity index (χ2n) is 3.41. The van der Waals surface area contributed by atoms with Crippen molar-refractivity contribution in [1.29, 1.82) is 5.26 Å². The Morgan fingerprint density at radius 3 is 2.67 bits per heavy atom. The van der Waals surface area contributed by atoms with Crippen molar-refractivity contribution in [3.63, 3.8) is 0 Å². The Hall–Kier alpha value is -1.08. The fraction of sp³-hybridized carbons (Fsp3) is 0.818. The molecule has 0 heterocycles. The maximum atomic E-state index is 11.6. The molecule has 1 atom stereocenters. The van der Waals surface area contributed by atoms with Gasteiger partial charge in [-0.3, -0.25) is 4.79 Å². The lowest BCUT2D eigenvalue weighted by atomic mass is 10.2. The molecule has 0 saturated carbocycles. The fourth-order valence-electron chi connectivity index (χ4n) is 1.24. The smallest absolute Gasteiger partial charge is 0.224 e. The SMILES string of the molecule is CCOCCC(=O)N(CC)CC(C)C#N. The first-order chi connectivity index (χ1) is 7.15. The Morgan fingerprint density at radius 2 is 2.20 bits per heavy atom. The molecule has 86 valence electrons. The summed E-state index contributed by atoms with van der Waals surface area (Å²) in [5, 5.41) is 8.66. The maximum absolute atomic E-state index is 11.6. The first-order valence-corrected chi connectivity index (χ1v) is 5.40. The lowest BCUT2D eigenvalue weighted by Gasteiger charge is -2.21. The van der Waals surface area contributed by atoms with Crippen molar-refractivity contribution in [3.8, 4) is 6.07 Å². The number of amides is 1. The van der Waals surface area contributed by atoms with Crippen molar-refractivity contribution in [2.24, 2.45) is 5.92 Å². The van der Waals surface area contributed by atoms with Crippen LogP contribution < -0.4 is 0 Å². The molecule has 1 unspecified atom stereocenters. The lowest BCUT2D eigenvalue weighted by molar-refractivity contribution is -0.132. The van der Waals surface area contributed by atoms with Crippen LogP contribution in [0.15, 0.2) is 0 Å². The molecular weight excluding hydrogens is 192 g/mol. The highest BCUT2D eigenvalue weighted by atomic mass is 16.5. The number of carbonyl (C=O) groups excluding carboxylic acids is 1. The van der Waals surface area contributed by atoms with Crippen molar-refractivity contribution >= 4 is 5.91 Å². The van der Waals surface area contributed by atoms with Gasteiger partial charge in [-0.05, 0) is 20.8 Å². The Kier molecular flexibility index (Phi) is 7.65. The molecule has 0 spiro atoms. The molecule has 4 heteroatoms. The number of hydrogen-bond donors (Lipinski definition) is 0. The minimum absolute atomic E-state index is 0.0630. The summed E-state index contributed by atoms with van der Waals surface area (Å²) in [6, 6.07) is 2.13. The standard InChI is InChI=1S/C11H20N2O2/c1-4-13(9-10(3)8-12)11(14)6-7-15-5-2/h10H,4-7,9H2,1-3H3. The Morgan fingerprint density at radius 1 is 1.53 bits per heavy atom. The highest BCUT2D eigenvalue weighted by molar-refractivity contribution is 5.76. The van der Waals surface area contributed by atoms with E-state index in [0.717, 1.165) is 0 Å². The third kappa shape index (κ3) is 6.08. The Bertz CT molecular complexity index is 223. The molecule has 0 aromatic rings. The molecule has 1 amide bonds. The molecule has 0 aliphatic heterocycles. The van der Waals surface area contributed by atoms with Gasteiger partial charge < -0.3 is 9.64 Å². The summed E-state index contributed by atoms with van der Waals surface area (Å²) < 4.78 is 5.12. The van der Waals surface area contributed by atoms with Crippen molar-refractivity contribution < 1.29 is 9.53 Å². The minimum Gasteiger partial charge on any atom is -0.381 e. The predicted molar refractivity (Wildman–Crippen MR) is 58.1 cm³/mol. The van der Waals surface area contributed by atoms with Crippen LogP contribution in [-0.2, 0) is 9.53 Å². The number of ether oxygens (including phenoxy) is 1. The van der Waals surface area contributed by atoms with Crippen molar-refractivity contribution in [1.82, 2.24) is 4.90 Å². The molecular formula is C11H20N2O2. The first kappa shape index (κ1) is 13.9. The van der Waals surface area contributed by atoms with E-state index in [1.165, 1.54) is 0 Å². The van der Waals surface area contributed by atoms with E-state index in [1.807, 2.05) is 20.8 Å². The number of rotatable bonds is 7. The van der Waals surface area contributed by atoms with Crippen LogP contribution in [0.5, 0.6) is 0 Å². The van der Waals surface area contributed by atoms with Gasteiger partial charge in [-0.15, -0.1) is 0 Å². The zero-order valence-electron chi connectivity index (χ0n) is 9.82. The van der Waals surface area contributed by atoms with E-state index in [9.17, 15) is 4.79 Å². The Balaban J connectivity index is 3.94. The molecule has 0 fully saturated rings. The average Bonchev–Trinajstić information content (AvgIpc) is 2.25. The van der Waals surface area contributed by atoms with Crippen LogP contribution in [0.1, 0.15) is 27.2 Å². The molecule has 0 saturated heterocycles. The van der Waals surface area contributed by atoms with Gasteiger partial charge in [0.25, 0.3) is 0 Å². The lowest BCUT2D eigenvalue weighted by Crippen LogP contribution is -2.34. The zero-order valence-corrected chi connectivity index (χ0v) is 9.82. The predicted octanol–water partition coefficient (Wildman–Crippen LogP) is 1.42. The number of carbonyl (C=O) groups is 1. The van der Waals surface area contributed by atoms with E-state index in [0.29, 0.717) is 32.7 Å². The van der Waals surface area contributed by atoms with Gasteiger partial charge in [-0.1, -0.05) is 0 Å². The molecule has 0 rings (SSSR count). The second-order valence-corrected chi connectivity index (χ2v) is 3.41. The highest BCUT2D eigenvalue weighted by Crippen LogP contribution is 2.01. The van der Waals surface area contributed by atoms with Gasteiger partial charge in [0.05, 0.1) is 25.0 Å². The van der Waals surface area contributed by atoms with Gasteiger partial charge in [0.1, 0.15) is 0 Å². The molecule has 0 aromatic heterocycles. The molecule has 0 aliphatic carbocycles. The summed E-state index contributed by atoms with van der Waals surface area (Å²) in [6.07, 6.45) is 0.403. The molecule has 0 bridgehead atoms. The largest absolute Gasteiger partial charge is 0.381 e. The number of nitrogens with zero attached hydrogens (tertiary/aromatic N) is 2. The van der Waals surface area contributed by atoms with E-state index in [1.54, 1.807) is 4.90 Å². The quantitative estimate of drug-likeness (QED) is 0.600. The summed E-state index contributed by atoms with van der Waals surface area (Å²) in [4.78, 5) is 13.3. The number of nitriles is 1. The van der Waals surface area contributed by atoms with E-state index in [-0.39, 0.29) is 11.8 Å². The summed E-state index contributed by atoms with van der Waals surface area (Å²) >= 11 is 0. The summed E-state index contributed by atoms with van der Waals surface area (Å²) in [7, 11) is 0. The fourth-order valence-corrected chi connectivity index (χ4v) is 1.24. The summed E-state index contributed by atoms with van der Waals surface area (Å²) in [5.74, 6) is -0.0472. The first-order valence-electron chi connectivity index (χ1n) is 5.40. The van der Waals surface area contributed by atoms with Crippen LogP contribution in [0.25, 0.3) is 0 Å². The van der Waals surface area contributed by atoms with Crippen LogP contribution in [0.2, 0.25) is 0 Å². The van der Waals surface area contributed by atoms with Crippen molar-refractivity contribution in [2.45, 2.75) is 27.2 Å². The maximum Gasteiger partial charge on any atom is 0.224 e. The molecule has 0 N–H and O–H groups in total. The van der Waals surface area contributed by atoms with Crippen molar-refractivity contribution in [3.05, 3.63) is 0 Å². The third-order valence-corrected chi connectivity index (χ3v) is 2.11. The molecule has 4 nitrogen and oxygen atoms in total. The summed E-state index contributed by atoms with van der Waals surface area (Å²) in [5.41, 5.74) is 0. The van der Waals surface area contributed by atoms with E-state index in [4.69, 9.17) is 10.00 Å². The monoisotopic (exact) mass is 212 g/mol. The normalized spacial score (nSPS) is 11.9. The zero-order chi connectivity index (χ0) is 11.7. The van der Waals surface area contributed by atoms with Crippen molar-refractivity contribution in [2.75, 3.05) is 26.3 Å². The van der Waals surface area contributed by atoms with Crippen LogP contribution in [0.4, 0.5) is 0 Å². The van der Waals surface area contributed by atoms with Gasteiger partial charge in [0, 0.05) is 19.7 Å². The van der Waals surface area contributed by atoms with E-state index in [2.05, 4.69) is 6.07 Å². The van der Waals surface area contributed by atoms with Gasteiger partial charge in [-0.25, -0.2) is 0 Å². The van der Waals surface area contributed by atoms with Crippen LogP contribution in [0, 0.1) is 17.2 Å². The third-order valence-electron chi connectivity index (χ3n) is 2.11. The van der Waals surface area contributed by atoms with Gasteiger partial charge >= 0.3 is 0 Å². The van der Waals surface area contributed by atoms with E-state index >= 15 is 0 Å². The molecule has 0 aromatic carbocycles. The minimum atomic E-state index is -0.110. The Labute approximate surface area is 91.8 Å². The molecule has 0 aliphatic rings. The van der Waals surface area contributed by atoms with Crippen LogP contribution in [0.3, 0.4) is 0 Å². The van der Waals surface area contributed by atoms with E-state index < -0.39 is 0 Å². The topological polar surface area (TPSA) is 53.3 Å². The van der Waals surface area contributed by atoms with Gasteiger partial charge in [-0.2, -0.15) is 5.26 Å². The average molecular weight is 212 g/mol. The van der Waals surface area contributed by atoms with Crippen LogP contribution >= 0.6 is 0 Å². The summed E-state index contributed by atoms with van der Waals surface area (Å²) in [6.45, 7) is 7.90. The van der Waals surface area contributed by atoms with Gasteiger partial charge in [0.2, 0.25) is 5.91 Å². The second kappa shape index (κ2) is 8.25. The molecule has 15 heavy (non-hydrogen) atoms. The number of hydrogen-bond acceptors (Lipinski definition) is 3. The molecule has 0 radical (unpaired) electrons. The highest BCUT2D eigenvalue weighted by Gasteiger charge is 2.13.